The van der Waals surface area contributed by atoms with Crippen LogP contribution in [0.2, 0.25) is 0 Å². The second kappa shape index (κ2) is 6.88. The largest absolute Gasteiger partial charge is 0.387 e. The van der Waals surface area contributed by atoms with Crippen LogP contribution in [0.3, 0.4) is 0 Å². The van der Waals surface area contributed by atoms with E-state index in [2.05, 4.69) is 19.6 Å². The molecule has 1 aromatic carbocycles. The van der Waals surface area contributed by atoms with Crippen LogP contribution in [0.25, 0.3) is 0 Å². The van der Waals surface area contributed by atoms with Gasteiger partial charge in [0.15, 0.2) is 0 Å². The average molecular weight is 282 g/mol. The number of carbonyl (C=O) groups excluding carboxylic acids is 4. The molecule has 106 valence electrons. The van der Waals surface area contributed by atoms with Crippen LogP contribution >= 0.6 is 0 Å². The molecule has 0 bridgehead atoms. The smallest absolute Gasteiger partial charge is 0.248 e. The van der Waals surface area contributed by atoms with Crippen molar-refractivity contribution in [2.75, 3.05) is 0 Å². The van der Waals surface area contributed by atoms with Crippen LogP contribution in [0.5, 0.6) is 0 Å². The van der Waals surface area contributed by atoms with Crippen LogP contribution in [-0.4, -0.2) is 23.9 Å². The second-order valence-corrected chi connectivity index (χ2v) is 3.44. The average Bonchev–Trinajstić information content (AvgIpc) is 2.42. The Hall–Kier alpha value is -2.90. The molecule has 0 saturated carbocycles. The van der Waals surface area contributed by atoms with Gasteiger partial charge in [-0.25, -0.2) is 38.7 Å². The Kier molecular flexibility index (Phi) is 5.21. The molecule has 1 aromatic rings. The summed E-state index contributed by atoms with van der Waals surface area (Å²) in [5, 5.41) is 0. The van der Waals surface area contributed by atoms with Gasteiger partial charge in [-0.15, -0.1) is 0 Å². The Morgan fingerprint density at radius 3 is 1.35 bits per heavy atom. The summed E-state index contributed by atoms with van der Waals surface area (Å²) >= 11 is 0. The minimum absolute atomic E-state index is 0.217. The molecule has 0 atom stereocenters. The van der Waals surface area contributed by atoms with Crippen LogP contribution < -0.4 is 0 Å². The molecule has 0 fully saturated rings. The van der Waals surface area contributed by atoms with Crippen molar-refractivity contribution in [3.8, 4) is 0 Å². The maximum absolute atomic E-state index is 11.6. The van der Waals surface area contributed by atoms with Crippen LogP contribution in [-0.2, 0) is 29.1 Å². The van der Waals surface area contributed by atoms with Gasteiger partial charge in [-0.1, -0.05) is 12.1 Å². The van der Waals surface area contributed by atoms with Gasteiger partial charge >= 0.3 is 23.9 Å². The summed E-state index contributed by atoms with van der Waals surface area (Å²) < 4.78 is 0. The van der Waals surface area contributed by atoms with Crippen molar-refractivity contribution in [1.82, 2.24) is 0 Å². The summed E-state index contributed by atoms with van der Waals surface area (Å²) in [4.78, 5) is 60.8. The molecule has 0 aromatic heterocycles. The minimum atomic E-state index is -1.07. The van der Waals surface area contributed by atoms with Gasteiger partial charge in [-0.3, -0.25) is 0 Å². The summed E-state index contributed by atoms with van der Waals surface area (Å²) in [5.41, 5.74) is -0.434. The lowest BCUT2D eigenvalue weighted by atomic mass is 10.1. The number of rotatable bonds is 2. The van der Waals surface area contributed by atoms with Gasteiger partial charge in [-0.2, -0.15) is 0 Å². The van der Waals surface area contributed by atoms with E-state index in [1.807, 2.05) is 0 Å². The summed E-state index contributed by atoms with van der Waals surface area (Å²) in [7, 11) is 0. The standard InChI is InChI=1S/C12H10O8/c1-7(13)17-19-11(15)9-5-3-4-6-10(9)12(16)20-18-8(2)14/h3-6H,1-2H3. The predicted octanol–water partition coefficient (Wildman–Crippen LogP) is 0.956. The first-order chi connectivity index (χ1) is 9.41. The van der Waals surface area contributed by atoms with Gasteiger partial charge < -0.3 is 0 Å². The van der Waals surface area contributed by atoms with E-state index in [1.54, 1.807) is 0 Å². The van der Waals surface area contributed by atoms with E-state index in [1.165, 1.54) is 24.3 Å². The van der Waals surface area contributed by atoms with Crippen molar-refractivity contribution in [3.05, 3.63) is 35.4 Å². The van der Waals surface area contributed by atoms with Crippen LogP contribution in [0, 0.1) is 0 Å². The molecule has 0 aliphatic carbocycles. The van der Waals surface area contributed by atoms with Crippen LogP contribution in [0.1, 0.15) is 34.6 Å². The Balaban J connectivity index is 2.87. The minimum Gasteiger partial charge on any atom is -0.248 e. The van der Waals surface area contributed by atoms with Crippen molar-refractivity contribution in [1.29, 1.82) is 0 Å². The third-order valence-corrected chi connectivity index (χ3v) is 1.84. The van der Waals surface area contributed by atoms with Crippen LogP contribution in [0.15, 0.2) is 24.3 Å². The molecule has 0 radical (unpaired) electrons. The Bertz CT molecular complexity index is 499. The first kappa shape index (κ1) is 15.2. The van der Waals surface area contributed by atoms with E-state index in [9.17, 15) is 19.2 Å². The number of hydrogen-bond donors (Lipinski definition) is 0. The molecule has 0 aliphatic rings. The summed E-state index contributed by atoms with van der Waals surface area (Å²) in [6, 6.07) is 5.40. The highest BCUT2D eigenvalue weighted by Gasteiger charge is 2.22. The summed E-state index contributed by atoms with van der Waals surface area (Å²) in [6.45, 7) is 2.07. The maximum Gasteiger partial charge on any atom is 0.387 e. The lowest BCUT2D eigenvalue weighted by molar-refractivity contribution is -0.232. The van der Waals surface area contributed by atoms with E-state index >= 15 is 0 Å². The Labute approximate surface area is 113 Å². The first-order valence-corrected chi connectivity index (χ1v) is 5.29. The second-order valence-electron chi connectivity index (χ2n) is 3.44. The van der Waals surface area contributed by atoms with Gasteiger partial charge in [-0.05, 0) is 12.1 Å². The highest BCUT2D eigenvalue weighted by Crippen LogP contribution is 2.12. The zero-order valence-corrected chi connectivity index (χ0v) is 10.6. The van der Waals surface area contributed by atoms with E-state index < -0.39 is 23.9 Å². The fourth-order valence-corrected chi connectivity index (χ4v) is 1.12. The molecule has 0 N–H and O–H groups in total. The lowest BCUT2D eigenvalue weighted by Crippen LogP contribution is -2.16. The van der Waals surface area contributed by atoms with E-state index in [0.717, 1.165) is 13.8 Å². The topological polar surface area (TPSA) is 105 Å². The molecule has 0 aliphatic heterocycles. The highest BCUT2D eigenvalue weighted by molar-refractivity contribution is 6.03. The number of hydrogen-bond acceptors (Lipinski definition) is 8. The maximum atomic E-state index is 11.6. The number of carbonyl (C=O) groups is 4. The molecular weight excluding hydrogens is 272 g/mol. The molecule has 0 saturated heterocycles. The fourth-order valence-electron chi connectivity index (χ4n) is 1.12. The monoisotopic (exact) mass is 282 g/mol. The molecule has 0 spiro atoms. The van der Waals surface area contributed by atoms with Crippen molar-refractivity contribution >= 4 is 23.9 Å². The van der Waals surface area contributed by atoms with Crippen molar-refractivity contribution < 1.29 is 38.7 Å². The fraction of sp³-hybridized carbons (Fsp3) is 0.167. The van der Waals surface area contributed by atoms with E-state index in [0.29, 0.717) is 0 Å². The van der Waals surface area contributed by atoms with Gasteiger partial charge in [0.05, 0.1) is 11.1 Å². The third-order valence-electron chi connectivity index (χ3n) is 1.84. The molecular formula is C12H10O8. The first-order valence-electron chi connectivity index (χ1n) is 5.29. The quantitative estimate of drug-likeness (QED) is 0.583. The molecule has 0 heterocycles. The van der Waals surface area contributed by atoms with Crippen molar-refractivity contribution in [3.63, 3.8) is 0 Å². The van der Waals surface area contributed by atoms with Gasteiger partial charge in [0.2, 0.25) is 0 Å². The molecule has 0 amide bonds. The Morgan fingerprint density at radius 1 is 0.700 bits per heavy atom. The molecule has 8 nitrogen and oxygen atoms in total. The van der Waals surface area contributed by atoms with Gasteiger partial charge in [0, 0.05) is 13.8 Å². The molecule has 8 heteroatoms. The lowest BCUT2D eigenvalue weighted by Gasteiger charge is -2.06. The molecule has 0 unspecified atom stereocenters. The van der Waals surface area contributed by atoms with E-state index in [4.69, 9.17) is 0 Å². The van der Waals surface area contributed by atoms with Gasteiger partial charge in [0.1, 0.15) is 0 Å². The zero-order chi connectivity index (χ0) is 15.1. The van der Waals surface area contributed by atoms with Crippen molar-refractivity contribution in [2.45, 2.75) is 13.8 Å². The zero-order valence-electron chi connectivity index (χ0n) is 10.6. The summed E-state index contributed by atoms with van der Waals surface area (Å²) in [5.74, 6) is -3.82. The van der Waals surface area contributed by atoms with E-state index in [-0.39, 0.29) is 11.1 Å². The van der Waals surface area contributed by atoms with Crippen molar-refractivity contribution in [2.24, 2.45) is 0 Å². The molecule has 1 rings (SSSR count). The SMILES string of the molecule is CC(=O)OOC(=O)c1ccccc1C(=O)OOC(C)=O. The predicted molar refractivity (Wildman–Crippen MR) is 60.8 cm³/mol. The third kappa shape index (κ3) is 4.41. The molecule has 20 heavy (non-hydrogen) atoms. The van der Waals surface area contributed by atoms with Crippen LogP contribution in [0.4, 0.5) is 0 Å². The highest BCUT2D eigenvalue weighted by atomic mass is 17.2. The van der Waals surface area contributed by atoms with Gasteiger partial charge in [0.25, 0.3) is 0 Å². The summed E-state index contributed by atoms with van der Waals surface area (Å²) in [6.07, 6.45) is 0. The Morgan fingerprint density at radius 2 is 1.05 bits per heavy atom. The normalized spacial score (nSPS) is 9.30. The number of benzene rings is 1.